The van der Waals surface area contributed by atoms with E-state index in [1.807, 2.05) is 0 Å². The van der Waals surface area contributed by atoms with Crippen molar-refractivity contribution in [3.05, 3.63) is 0 Å². The largest absolute Gasteiger partial charge is 0.383 e. The number of methoxy groups -OCH3 is 1. The number of carbonyl (C=O) groups excluding carboxylic acids is 2. The van der Waals surface area contributed by atoms with Crippen LogP contribution in [0.2, 0.25) is 0 Å². The van der Waals surface area contributed by atoms with Crippen LogP contribution in [0.25, 0.3) is 0 Å². The lowest BCUT2D eigenvalue weighted by Crippen LogP contribution is -2.44. The van der Waals surface area contributed by atoms with Gasteiger partial charge in [0.05, 0.1) is 12.5 Å². The Labute approximate surface area is 133 Å². The number of hydrogen-bond acceptors (Lipinski definition) is 4. The first-order valence-corrected chi connectivity index (χ1v) is 7.25. The summed E-state index contributed by atoms with van der Waals surface area (Å²) >= 11 is 0. The molecule has 1 rings (SSSR count). The van der Waals surface area contributed by atoms with E-state index in [0.29, 0.717) is 32.2 Å². The Hall–Kier alpha value is -0.850. The highest BCUT2D eigenvalue weighted by atomic mass is 35.5. The zero-order valence-corrected chi connectivity index (χ0v) is 13.9. The van der Waals surface area contributed by atoms with Crippen LogP contribution in [0.1, 0.15) is 26.7 Å². The van der Waals surface area contributed by atoms with Crippen molar-refractivity contribution in [2.24, 2.45) is 17.6 Å². The van der Waals surface area contributed by atoms with Crippen LogP contribution in [-0.4, -0.2) is 56.1 Å². The number of hydrogen-bond donors (Lipinski definition) is 2. The molecular formula is C14H28ClN3O3. The quantitative estimate of drug-likeness (QED) is 0.677. The average Bonchev–Trinajstić information content (AvgIpc) is 2.76. The van der Waals surface area contributed by atoms with Gasteiger partial charge in [0.1, 0.15) is 0 Å². The van der Waals surface area contributed by atoms with Crippen molar-refractivity contribution >= 4 is 24.2 Å². The van der Waals surface area contributed by atoms with E-state index < -0.39 is 0 Å². The maximum absolute atomic E-state index is 12.2. The number of nitrogens with zero attached hydrogens (tertiary/aromatic N) is 1. The number of nitrogens with two attached hydrogens (primary N) is 1. The molecule has 0 aliphatic carbocycles. The van der Waals surface area contributed by atoms with Crippen molar-refractivity contribution in [3.63, 3.8) is 0 Å². The topological polar surface area (TPSA) is 84.7 Å². The summed E-state index contributed by atoms with van der Waals surface area (Å²) in [5.74, 6) is 0.178. The van der Waals surface area contributed by atoms with Gasteiger partial charge in [0.2, 0.25) is 11.8 Å². The first-order valence-electron chi connectivity index (χ1n) is 7.25. The van der Waals surface area contributed by atoms with Crippen LogP contribution < -0.4 is 11.1 Å². The van der Waals surface area contributed by atoms with E-state index in [1.54, 1.807) is 12.0 Å². The lowest BCUT2D eigenvalue weighted by atomic mass is 10.0. The molecule has 7 heteroatoms. The summed E-state index contributed by atoms with van der Waals surface area (Å²) in [6, 6.07) is -0.00868. The highest BCUT2D eigenvalue weighted by molar-refractivity contribution is 5.89. The molecule has 0 radical (unpaired) electrons. The lowest BCUT2D eigenvalue weighted by Gasteiger charge is -2.21. The number of amides is 2. The molecule has 2 atom stereocenters. The predicted molar refractivity (Wildman–Crippen MR) is 84.3 cm³/mol. The lowest BCUT2D eigenvalue weighted by molar-refractivity contribution is -0.129. The number of carbonyl (C=O) groups is 2. The molecule has 6 nitrogen and oxygen atoms in total. The van der Waals surface area contributed by atoms with Crippen LogP contribution in [-0.2, 0) is 14.3 Å². The molecule has 0 aromatic carbocycles. The van der Waals surface area contributed by atoms with Crippen molar-refractivity contribution in [3.8, 4) is 0 Å². The second-order valence-electron chi connectivity index (χ2n) is 5.80. The minimum Gasteiger partial charge on any atom is -0.383 e. The summed E-state index contributed by atoms with van der Waals surface area (Å²) in [6.07, 6.45) is 1.14. The Kier molecular flexibility index (Phi) is 9.57. The van der Waals surface area contributed by atoms with Crippen molar-refractivity contribution in [2.45, 2.75) is 32.7 Å². The van der Waals surface area contributed by atoms with Gasteiger partial charge in [-0.25, -0.2) is 0 Å². The van der Waals surface area contributed by atoms with Crippen LogP contribution in [0.15, 0.2) is 0 Å². The molecule has 0 spiro atoms. The average molecular weight is 322 g/mol. The van der Waals surface area contributed by atoms with Gasteiger partial charge in [0.25, 0.3) is 0 Å². The zero-order chi connectivity index (χ0) is 15.1. The summed E-state index contributed by atoms with van der Waals surface area (Å²) in [5.41, 5.74) is 5.68. The van der Waals surface area contributed by atoms with Crippen LogP contribution in [0.5, 0.6) is 0 Å². The fourth-order valence-electron chi connectivity index (χ4n) is 2.47. The highest BCUT2D eigenvalue weighted by Crippen LogP contribution is 2.18. The summed E-state index contributed by atoms with van der Waals surface area (Å²) < 4.78 is 4.96. The Morgan fingerprint density at radius 1 is 1.52 bits per heavy atom. The molecule has 3 N–H and O–H groups in total. The van der Waals surface area contributed by atoms with Gasteiger partial charge in [-0.1, -0.05) is 13.8 Å². The van der Waals surface area contributed by atoms with E-state index in [9.17, 15) is 9.59 Å². The third kappa shape index (κ3) is 6.63. The first-order chi connectivity index (χ1) is 9.47. The van der Waals surface area contributed by atoms with E-state index in [4.69, 9.17) is 10.5 Å². The van der Waals surface area contributed by atoms with Crippen molar-refractivity contribution in [1.82, 2.24) is 10.2 Å². The monoisotopic (exact) mass is 321 g/mol. The van der Waals surface area contributed by atoms with Gasteiger partial charge in [-0.15, -0.1) is 12.4 Å². The van der Waals surface area contributed by atoms with Crippen LogP contribution >= 0.6 is 12.4 Å². The van der Waals surface area contributed by atoms with Gasteiger partial charge in [-0.3, -0.25) is 9.59 Å². The van der Waals surface area contributed by atoms with Crippen molar-refractivity contribution in [2.75, 3.05) is 33.4 Å². The summed E-state index contributed by atoms with van der Waals surface area (Å²) in [7, 11) is 1.60. The van der Waals surface area contributed by atoms with Crippen molar-refractivity contribution < 1.29 is 14.3 Å². The maximum Gasteiger partial charge on any atom is 0.225 e. The number of ether oxygens (including phenoxy) is 1. The third-order valence-electron chi connectivity index (χ3n) is 3.54. The fourth-order valence-corrected chi connectivity index (χ4v) is 2.47. The molecule has 0 aromatic heterocycles. The molecule has 0 saturated carbocycles. The van der Waals surface area contributed by atoms with E-state index >= 15 is 0 Å². The second kappa shape index (κ2) is 9.97. The van der Waals surface area contributed by atoms with Gasteiger partial charge in [0.15, 0.2) is 0 Å². The summed E-state index contributed by atoms with van der Waals surface area (Å²) in [6.45, 7) is 6.15. The smallest absolute Gasteiger partial charge is 0.225 e. The number of likely N-dealkylation sites (tertiary alicyclic amines) is 1. The summed E-state index contributed by atoms with van der Waals surface area (Å²) in [5, 5.41) is 2.96. The summed E-state index contributed by atoms with van der Waals surface area (Å²) in [4.78, 5) is 25.7. The van der Waals surface area contributed by atoms with Crippen LogP contribution in [0, 0.1) is 11.8 Å². The molecule has 2 unspecified atom stereocenters. The molecule has 1 saturated heterocycles. The Balaban J connectivity index is 0.00000400. The van der Waals surface area contributed by atoms with E-state index in [2.05, 4.69) is 19.2 Å². The number of nitrogens with one attached hydrogen (secondary N) is 1. The molecule has 1 aliphatic rings. The Bertz CT molecular complexity index is 339. The highest BCUT2D eigenvalue weighted by Gasteiger charge is 2.34. The van der Waals surface area contributed by atoms with E-state index in [1.165, 1.54) is 0 Å². The molecule has 1 aliphatic heterocycles. The fraction of sp³-hybridized carbons (Fsp3) is 0.857. The van der Waals surface area contributed by atoms with Gasteiger partial charge >= 0.3 is 0 Å². The molecule has 2 amide bonds. The van der Waals surface area contributed by atoms with E-state index in [-0.39, 0.29) is 42.6 Å². The number of rotatable bonds is 8. The SMILES string of the molecule is COCCN1CC(C(=O)NC(CN)CC(C)C)CC1=O.Cl. The molecule has 21 heavy (non-hydrogen) atoms. The molecule has 0 aromatic rings. The van der Waals surface area contributed by atoms with Gasteiger partial charge in [-0.05, 0) is 12.3 Å². The molecule has 0 bridgehead atoms. The first kappa shape index (κ1) is 20.1. The standard InChI is InChI=1S/C14H27N3O3.ClH/c1-10(2)6-12(8-15)16-14(19)11-7-13(18)17(9-11)4-5-20-3;/h10-12H,4-9,15H2,1-3H3,(H,16,19);1H. The molecular weight excluding hydrogens is 294 g/mol. The van der Waals surface area contributed by atoms with E-state index in [0.717, 1.165) is 6.42 Å². The zero-order valence-electron chi connectivity index (χ0n) is 13.1. The Morgan fingerprint density at radius 3 is 2.71 bits per heavy atom. The molecule has 1 fully saturated rings. The predicted octanol–water partition coefficient (Wildman–Crippen LogP) is 0.393. The maximum atomic E-state index is 12.2. The van der Waals surface area contributed by atoms with Gasteiger partial charge in [0, 0.05) is 39.2 Å². The van der Waals surface area contributed by atoms with Crippen LogP contribution in [0.4, 0.5) is 0 Å². The molecule has 1 heterocycles. The van der Waals surface area contributed by atoms with Gasteiger partial charge in [-0.2, -0.15) is 0 Å². The van der Waals surface area contributed by atoms with Crippen molar-refractivity contribution in [1.29, 1.82) is 0 Å². The van der Waals surface area contributed by atoms with Gasteiger partial charge < -0.3 is 20.7 Å². The van der Waals surface area contributed by atoms with Crippen LogP contribution in [0.3, 0.4) is 0 Å². The minimum absolute atomic E-state index is 0. The Morgan fingerprint density at radius 2 is 2.19 bits per heavy atom. The molecule has 124 valence electrons. The third-order valence-corrected chi connectivity index (χ3v) is 3.54. The minimum atomic E-state index is -0.263. The number of halogens is 1. The normalized spacial score (nSPS) is 19.6. The second-order valence-corrected chi connectivity index (χ2v) is 5.80.